The minimum atomic E-state index is -1.23. The third-order valence-corrected chi connectivity index (χ3v) is 9.39. The number of rotatable bonds is 11. The highest BCUT2D eigenvalue weighted by molar-refractivity contribution is 8.14. The third kappa shape index (κ3) is 6.63. The van der Waals surface area contributed by atoms with Gasteiger partial charge in [-0.1, -0.05) is 29.1 Å². The van der Waals surface area contributed by atoms with Crippen molar-refractivity contribution in [3.63, 3.8) is 0 Å². The second-order valence-electron chi connectivity index (χ2n) is 9.19. The highest BCUT2D eigenvalue weighted by Gasteiger charge is 2.54. The predicted molar refractivity (Wildman–Crippen MR) is 158 cm³/mol. The molecule has 0 aliphatic carbocycles. The number of β-lactam (4-membered cyclic amide) rings is 1. The normalized spacial score (nSPS) is 18.5. The van der Waals surface area contributed by atoms with Crippen molar-refractivity contribution >= 4 is 80.1 Å². The topological polar surface area (TPSA) is 181 Å². The Morgan fingerprint density at radius 2 is 2.07 bits per heavy atom. The summed E-state index contributed by atoms with van der Waals surface area (Å²) in [5, 5.41) is 17.8. The summed E-state index contributed by atoms with van der Waals surface area (Å²) in [5.41, 5.74) is 8.44. The van der Waals surface area contributed by atoms with Crippen molar-refractivity contribution in [2.45, 2.75) is 32.1 Å². The van der Waals surface area contributed by atoms with Crippen LogP contribution in [0.25, 0.3) is 0 Å². The molecule has 2 aromatic rings. The molecule has 4 rings (SSSR count). The number of benzene rings is 1. The number of oxime groups is 1. The number of fused-ring (bicyclic) bond motifs is 1. The van der Waals surface area contributed by atoms with Gasteiger partial charge in [0.15, 0.2) is 21.7 Å². The van der Waals surface area contributed by atoms with Crippen LogP contribution in [0.1, 0.15) is 30.2 Å². The number of hydrogen-bond donors (Lipinski definition) is 3. The first-order valence-electron chi connectivity index (χ1n) is 12.3. The fourth-order valence-corrected chi connectivity index (χ4v) is 6.94. The summed E-state index contributed by atoms with van der Waals surface area (Å²) >= 11 is 3.44. The van der Waals surface area contributed by atoms with Crippen LogP contribution in [0.3, 0.4) is 0 Å². The van der Waals surface area contributed by atoms with Gasteiger partial charge >= 0.3 is 5.97 Å². The fraction of sp³-hybridized carbons (Fsp3) is 0.346. The average molecular weight is 618 g/mol. The Kier molecular flexibility index (Phi) is 9.50. The summed E-state index contributed by atoms with van der Waals surface area (Å²) in [6, 6.07) is 5.32. The molecule has 216 valence electrons. The largest absolute Gasteiger partial charge is 0.477 e. The van der Waals surface area contributed by atoms with E-state index in [9.17, 15) is 29.1 Å². The van der Waals surface area contributed by atoms with E-state index in [0.717, 1.165) is 34.2 Å². The fourth-order valence-electron chi connectivity index (χ4n) is 4.57. The van der Waals surface area contributed by atoms with Crippen LogP contribution in [0.15, 0.2) is 40.0 Å². The minimum absolute atomic E-state index is 0.0112. The molecule has 12 nitrogen and oxygen atoms in total. The number of nitrogens with one attached hydrogen (secondary N) is 1. The van der Waals surface area contributed by atoms with E-state index in [2.05, 4.69) is 15.5 Å². The van der Waals surface area contributed by atoms with Gasteiger partial charge in [-0.15, -0.1) is 23.1 Å². The highest BCUT2D eigenvalue weighted by Crippen LogP contribution is 2.46. The zero-order chi connectivity index (χ0) is 29.8. The van der Waals surface area contributed by atoms with Crippen LogP contribution in [0.4, 0.5) is 10.8 Å². The number of nitrogens with two attached hydrogens (primary N) is 1. The van der Waals surface area contributed by atoms with Crippen LogP contribution in [0.5, 0.6) is 0 Å². The van der Waals surface area contributed by atoms with E-state index in [1.807, 2.05) is 13.0 Å². The molecular weight excluding hydrogens is 591 g/mol. The average Bonchev–Trinajstić information content (AvgIpc) is 3.36. The van der Waals surface area contributed by atoms with Crippen LogP contribution in [-0.2, 0) is 35.2 Å². The first-order valence-corrected chi connectivity index (χ1v) is 15.2. The number of Topliss-reactive ketones (excluding diaryl/α,β-unsaturated/α-hetero) is 1. The van der Waals surface area contributed by atoms with Crippen molar-refractivity contribution < 1.29 is 33.9 Å². The van der Waals surface area contributed by atoms with Gasteiger partial charge in [0.25, 0.3) is 0 Å². The Morgan fingerprint density at radius 1 is 1.32 bits per heavy atom. The monoisotopic (exact) mass is 617 g/mol. The molecule has 0 radical (unpaired) electrons. The summed E-state index contributed by atoms with van der Waals surface area (Å²) < 4.78 is 0. The number of carboxylic acid groups (broad SMARTS) is 1. The summed E-state index contributed by atoms with van der Waals surface area (Å²) in [6.45, 7) is 3.20. The number of aliphatic carboxylic acids is 1. The van der Waals surface area contributed by atoms with Gasteiger partial charge in [0, 0.05) is 30.2 Å². The molecule has 3 heterocycles. The van der Waals surface area contributed by atoms with Crippen LogP contribution in [0, 0.1) is 12.8 Å². The van der Waals surface area contributed by atoms with Crippen molar-refractivity contribution in [3.05, 3.63) is 51.7 Å². The molecule has 41 heavy (non-hydrogen) atoms. The van der Waals surface area contributed by atoms with Gasteiger partial charge in [0.2, 0.25) is 11.8 Å². The predicted octanol–water partition coefficient (Wildman–Crippen LogP) is 2.67. The molecule has 1 fully saturated rings. The molecule has 2 atom stereocenters. The molecular formula is C26H27N5O7S3. The maximum Gasteiger partial charge on any atom is 0.352 e. The number of anilines is 2. The highest BCUT2D eigenvalue weighted by atomic mass is 32.2. The summed E-state index contributed by atoms with van der Waals surface area (Å²) in [5.74, 6) is -2.87. The Hall–Kier alpha value is -3.69. The van der Waals surface area contributed by atoms with Crippen molar-refractivity contribution in [1.82, 2.24) is 9.88 Å². The lowest BCUT2D eigenvalue weighted by atomic mass is 9.88. The summed E-state index contributed by atoms with van der Waals surface area (Å²) in [6.07, 6.45) is 0.0694. The van der Waals surface area contributed by atoms with Crippen molar-refractivity contribution in [2.24, 2.45) is 11.1 Å². The Morgan fingerprint density at radius 3 is 2.71 bits per heavy atom. The van der Waals surface area contributed by atoms with E-state index >= 15 is 0 Å². The van der Waals surface area contributed by atoms with Gasteiger partial charge in [0.05, 0.1) is 17.0 Å². The standard InChI is InChI=1S/C26H27N5O7S3/c1-12-14(5-4-6-17(12)28-20(34)11-39-13(2)32)7-15-9-40-24-16(23(35)31(24)22(15)25(36)37)8-19(33)21(30-38-3)18-10-41-26(27)29-18/h4-6,10,16,24H,7-9,11H2,1-3H3,(H2,27,29)(H,28,34)(H,36,37)/b30-21-/t16-,24-/m1/s1. The Labute approximate surface area is 247 Å². The van der Waals surface area contributed by atoms with Crippen LogP contribution < -0.4 is 11.1 Å². The molecule has 0 bridgehead atoms. The molecule has 0 unspecified atom stereocenters. The molecule has 4 N–H and O–H groups in total. The number of carbonyl (C=O) groups excluding carboxylic acids is 4. The number of nitrogens with zero attached hydrogens (tertiary/aromatic N) is 3. The number of thioether (sulfide) groups is 2. The number of thiazole rings is 1. The SMILES string of the molecule is CO/N=C(\C(=O)C[C@@H]1C(=O)N2C(C(=O)O)=C(Cc3cccc(NC(=O)CSC(C)=O)c3C)CS[C@H]12)c1csc(N)n1. The first-order chi connectivity index (χ1) is 19.5. The number of ketones is 1. The molecule has 0 saturated carbocycles. The molecule has 2 aliphatic heterocycles. The molecule has 1 aromatic heterocycles. The first kappa shape index (κ1) is 30.3. The zero-order valence-corrected chi connectivity index (χ0v) is 24.8. The number of aromatic nitrogens is 1. The van der Waals surface area contributed by atoms with Crippen LogP contribution in [-0.4, -0.2) is 73.4 Å². The third-order valence-electron chi connectivity index (χ3n) is 6.51. The molecule has 15 heteroatoms. The number of carbonyl (C=O) groups is 5. The van der Waals surface area contributed by atoms with E-state index in [1.165, 1.54) is 30.7 Å². The van der Waals surface area contributed by atoms with Gasteiger partial charge in [-0.25, -0.2) is 9.78 Å². The Balaban J connectivity index is 1.51. The second kappa shape index (κ2) is 12.9. The van der Waals surface area contributed by atoms with Crippen molar-refractivity contribution in [1.29, 1.82) is 0 Å². The smallest absolute Gasteiger partial charge is 0.352 e. The maximum atomic E-state index is 13.2. The van der Waals surface area contributed by atoms with E-state index in [4.69, 9.17) is 10.6 Å². The number of hydrogen-bond acceptors (Lipinski definition) is 12. The zero-order valence-electron chi connectivity index (χ0n) is 22.3. The second-order valence-corrected chi connectivity index (χ2v) is 12.3. The van der Waals surface area contributed by atoms with Crippen molar-refractivity contribution in [3.8, 4) is 0 Å². The molecule has 2 aliphatic rings. The van der Waals surface area contributed by atoms with Crippen LogP contribution in [0.2, 0.25) is 0 Å². The van der Waals surface area contributed by atoms with E-state index in [0.29, 0.717) is 17.0 Å². The van der Waals surface area contributed by atoms with E-state index in [1.54, 1.807) is 17.5 Å². The number of amides is 2. The van der Waals surface area contributed by atoms with Gasteiger partial charge < -0.3 is 21.0 Å². The summed E-state index contributed by atoms with van der Waals surface area (Å²) in [7, 11) is 1.29. The van der Waals surface area contributed by atoms with Gasteiger partial charge in [-0.05, 0) is 36.1 Å². The molecule has 0 spiro atoms. The number of carboxylic acids is 1. The number of nitrogen functional groups attached to an aromatic ring is 1. The molecule has 1 saturated heterocycles. The van der Waals surface area contributed by atoms with Gasteiger partial charge in [-0.2, -0.15) is 0 Å². The van der Waals surface area contributed by atoms with Gasteiger partial charge in [0.1, 0.15) is 18.5 Å². The Bertz CT molecular complexity index is 1490. The summed E-state index contributed by atoms with van der Waals surface area (Å²) in [4.78, 5) is 72.1. The minimum Gasteiger partial charge on any atom is -0.477 e. The quantitative estimate of drug-likeness (QED) is 0.192. The van der Waals surface area contributed by atoms with Crippen LogP contribution >= 0.6 is 34.9 Å². The maximum absolute atomic E-state index is 13.2. The lowest BCUT2D eigenvalue weighted by Crippen LogP contribution is -2.62. The van der Waals surface area contributed by atoms with E-state index < -0.39 is 29.0 Å². The lowest BCUT2D eigenvalue weighted by molar-refractivity contribution is -0.153. The lowest BCUT2D eigenvalue weighted by Gasteiger charge is -2.49. The van der Waals surface area contributed by atoms with Gasteiger partial charge in [-0.3, -0.25) is 24.1 Å². The molecule has 2 amide bonds. The van der Waals surface area contributed by atoms with Crippen molar-refractivity contribution in [2.75, 3.05) is 29.7 Å². The van der Waals surface area contributed by atoms with E-state index in [-0.39, 0.29) is 51.9 Å². The molecule has 1 aromatic carbocycles.